The highest BCUT2D eigenvalue weighted by Gasteiger charge is 2.20. The molecule has 0 aliphatic carbocycles. The molecular weight excluding hydrogens is 308 g/mol. The van der Waals surface area contributed by atoms with Crippen LogP contribution in [0.1, 0.15) is 0 Å². The molecule has 0 aromatic heterocycles. The second-order valence-electron chi connectivity index (χ2n) is 6.69. The summed E-state index contributed by atoms with van der Waals surface area (Å²) >= 11 is 0. The van der Waals surface area contributed by atoms with Gasteiger partial charge in [0.2, 0.25) is 0 Å². The van der Waals surface area contributed by atoms with Crippen molar-refractivity contribution in [3.8, 4) is 11.5 Å². The Kier molecular flexibility index (Phi) is 2.21. The third-order valence-electron chi connectivity index (χ3n) is 5.55. The van der Waals surface area contributed by atoms with Crippen LogP contribution in [0, 0.1) is 0 Å². The Morgan fingerprint density at radius 3 is 2.20 bits per heavy atom. The number of aromatic hydroxyl groups is 1. The van der Waals surface area contributed by atoms with Crippen LogP contribution in [-0.4, -0.2) is 12.2 Å². The summed E-state index contributed by atoms with van der Waals surface area (Å²) in [5.41, 5.74) is 0. The van der Waals surface area contributed by atoms with E-state index in [9.17, 15) is 5.11 Å². The van der Waals surface area contributed by atoms with Gasteiger partial charge in [0.05, 0.1) is 7.11 Å². The van der Waals surface area contributed by atoms with Crippen molar-refractivity contribution in [2.45, 2.75) is 0 Å². The first kappa shape index (κ1) is 13.1. The standard InChI is InChI=1S/C23H14O2/c1-25-19-11-17-18(24)10-9-15-14-4-2-3-12-5-6-13-7-8-16(19)23(22(15)17)21(13)20(12)14/h2-11,24H,1H3. The lowest BCUT2D eigenvalue weighted by Crippen LogP contribution is -1.93. The summed E-state index contributed by atoms with van der Waals surface area (Å²) in [4.78, 5) is 0. The van der Waals surface area contributed by atoms with Crippen molar-refractivity contribution in [1.82, 2.24) is 0 Å². The highest BCUT2D eigenvalue weighted by atomic mass is 16.5. The van der Waals surface area contributed by atoms with Crippen molar-refractivity contribution < 1.29 is 9.84 Å². The van der Waals surface area contributed by atoms with Crippen molar-refractivity contribution in [2.75, 3.05) is 7.11 Å². The summed E-state index contributed by atoms with van der Waals surface area (Å²) in [6, 6.07) is 20.9. The summed E-state index contributed by atoms with van der Waals surface area (Å²) in [5.74, 6) is 1.09. The van der Waals surface area contributed by atoms with Crippen molar-refractivity contribution in [1.29, 1.82) is 0 Å². The van der Waals surface area contributed by atoms with Crippen LogP contribution >= 0.6 is 0 Å². The van der Waals surface area contributed by atoms with E-state index in [-0.39, 0.29) is 0 Å². The zero-order valence-corrected chi connectivity index (χ0v) is 13.6. The van der Waals surface area contributed by atoms with Gasteiger partial charge < -0.3 is 9.84 Å². The quantitative estimate of drug-likeness (QED) is 0.295. The summed E-state index contributed by atoms with van der Waals surface area (Å²) in [5, 5.41) is 22.2. The van der Waals surface area contributed by atoms with Gasteiger partial charge in [-0.15, -0.1) is 0 Å². The van der Waals surface area contributed by atoms with Crippen molar-refractivity contribution >= 4 is 53.9 Å². The zero-order chi connectivity index (χ0) is 16.7. The first-order chi connectivity index (χ1) is 12.3. The fraction of sp³-hybridized carbons (Fsp3) is 0.0435. The van der Waals surface area contributed by atoms with E-state index in [1.807, 2.05) is 12.1 Å². The first-order valence-electron chi connectivity index (χ1n) is 8.39. The Hall–Kier alpha value is -3.26. The minimum Gasteiger partial charge on any atom is -0.507 e. The van der Waals surface area contributed by atoms with Gasteiger partial charge in [-0.3, -0.25) is 0 Å². The maximum atomic E-state index is 10.5. The van der Waals surface area contributed by atoms with Gasteiger partial charge in [0, 0.05) is 21.5 Å². The lowest BCUT2D eigenvalue weighted by atomic mass is 9.85. The number of fused-ring (bicyclic) bond motifs is 1. The molecule has 6 aromatic rings. The fourth-order valence-electron chi connectivity index (χ4n) is 4.51. The number of phenols is 1. The lowest BCUT2D eigenvalue weighted by molar-refractivity contribution is 0.420. The smallest absolute Gasteiger partial charge is 0.127 e. The lowest BCUT2D eigenvalue weighted by Gasteiger charge is -2.19. The Labute approximate surface area is 143 Å². The number of rotatable bonds is 1. The van der Waals surface area contributed by atoms with Crippen LogP contribution in [-0.2, 0) is 0 Å². The molecule has 6 rings (SSSR count). The molecule has 0 heterocycles. The minimum absolute atomic E-state index is 0.294. The summed E-state index contributed by atoms with van der Waals surface area (Å²) < 4.78 is 5.66. The van der Waals surface area contributed by atoms with Crippen molar-refractivity contribution in [3.05, 3.63) is 60.7 Å². The van der Waals surface area contributed by atoms with Gasteiger partial charge in [-0.05, 0) is 50.5 Å². The second-order valence-corrected chi connectivity index (χ2v) is 6.69. The second kappa shape index (κ2) is 4.22. The molecule has 6 aromatic carbocycles. The van der Waals surface area contributed by atoms with Crippen molar-refractivity contribution in [2.24, 2.45) is 0 Å². The van der Waals surface area contributed by atoms with E-state index in [0.717, 1.165) is 21.9 Å². The molecule has 0 radical (unpaired) electrons. The van der Waals surface area contributed by atoms with Crippen LogP contribution in [0.5, 0.6) is 11.5 Å². The van der Waals surface area contributed by atoms with Gasteiger partial charge in [-0.25, -0.2) is 0 Å². The highest BCUT2D eigenvalue weighted by molar-refractivity contribution is 6.40. The summed E-state index contributed by atoms with van der Waals surface area (Å²) in [7, 11) is 1.69. The number of hydrogen-bond donors (Lipinski definition) is 1. The van der Waals surface area contributed by atoms with E-state index < -0.39 is 0 Å². The Balaban J connectivity index is 2.14. The van der Waals surface area contributed by atoms with Gasteiger partial charge >= 0.3 is 0 Å². The van der Waals surface area contributed by atoms with Crippen LogP contribution in [0.2, 0.25) is 0 Å². The fourth-order valence-corrected chi connectivity index (χ4v) is 4.51. The summed E-state index contributed by atoms with van der Waals surface area (Å²) in [6.07, 6.45) is 0. The van der Waals surface area contributed by atoms with Crippen LogP contribution < -0.4 is 4.74 Å². The van der Waals surface area contributed by atoms with Crippen LogP contribution in [0.15, 0.2) is 60.7 Å². The zero-order valence-electron chi connectivity index (χ0n) is 13.6. The van der Waals surface area contributed by atoms with Crippen molar-refractivity contribution in [3.63, 3.8) is 0 Å². The monoisotopic (exact) mass is 322 g/mol. The third-order valence-corrected chi connectivity index (χ3v) is 5.55. The van der Waals surface area contributed by atoms with Crippen LogP contribution in [0.4, 0.5) is 0 Å². The molecule has 0 fully saturated rings. The molecule has 0 atom stereocenters. The van der Waals surface area contributed by atoms with Gasteiger partial charge in [-0.1, -0.05) is 42.5 Å². The molecule has 2 nitrogen and oxygen atoms in total. The molecule has 0 unspecified atom stereocenters. The molecule has 0 aliphatic heterocycles. The normalized spacial score (nSPS) is 12.4. The van der Waals surface area contributed by atoms with E-state index in [2.05, 4.69) is 42.5 Å². The number of hydrogen-bond acceptors (Lipinski definition) is 2. The SMILES string of the molecule is COc1cc2c(O)ccc3c4cccc5ccc6ccc1c(c23)c6c54. The van der Waals surface area contributed by atoms with E-state index in [0.29, 0.717) is 5.75 Å². The Morgan fingerprint density at radius 2 is 1.36 bits per heavy atom. The summed E-state index contributed by atoms with van der Waals surface area (Å²) in [6.45, 7) is 0. The predicted octanol–water partition coefficient (Wildman–Crippen LogP) is 6.04. The molecule has 25 heavy (non-hydrogen) atoms. The molecule has 2 heteroatoms. The maximum absolute atomic E-state index is 10.5. The largest absolute Gasteiger partial charge is 0.507 e. The molecule has 118 valence electrons. The van der Waals surface area contributed by atoms with E-state index in [1.165, 1.54) is 37.7 Å². The first-order valence-corrected chi connectivity index (χ1v) is 8.39. The number of benzene rings is 6. The van der Waals surface area contributed by atoms with Crippen LogP contribution in [0.3, 0.4) is 0 Å². The molecule has 0 bridgehead atoms. The molecular formula is C23H14O2. The minimum atomic E-state index is 0.294. The molecule has 1 N–H and O–H groups in total. The molecule has 0 aliphatic rings. The van der Waals surface area contributed by atoms with E-state index in [1.54, 1.807) is 13.2 Å². The van der Waals surface area contributed by atoms with Gasteiger partial charge in [0.25, 0.3) is 0 Å². The number of phenolic OH excluding ortho intramolecular Hbond substituents is 1. The third kappa shape index (κ3) is 1.42. The van der Waals surface area contributed by atoms with Gasteiger partial charge in [0.15, 0.2) is 0 Å². The van der Waals surface area contributed by atoms with E-state index >= 15 is 0 Å². The van der Waals surface area contributed by atoms with Gasteiger partial charge in [0.1, 0.15) is 11.5 Å². The maximum Gasteiger partial charge on any atom is 0.127 e. The molecule has 0 saturated heterocycles. The molecule has 0 amide bonds. The predicted molar refractivity (Wildman–Crippen MR) is 105 cm³/mol. The number of ether oxygens (including phenoxy) is 1. The number of methoxy groups -OCH3 is 1. The van der Waals surface area contributed by atoms with Gasteiger partial charge in [-0.2, -0.15) is 0 Å². The molecule has 0 spiro atoms. The average molecular weight is 322 g/mol. The topological polar surface area (TPSA) is 29.5 Å². The Morgan fingerprint density at radius 1 is 0.640 bits per heavy atom. The van der Waals surface area contributed by atoms with E-state index in [4.69, 9.17) is 4.74 Å². The van der Waals surface area contributed by atoms with Crippen LogP contribution in [0.25, 0.3) is 53.9 Å². The highest BCUT2D eigenvalue weighted by Crippen LogP contribution is 2.48. The molecule has 0 saturated carbocycles. The average Bonchev–Trinajstić information content (AvgIpc) is 2.66. The Bertz CT molecular complexity index is 1430.